The summed E-state index contributed by atoms with van der Waals surface area (Å²) in [5.74, 6) is -0.434. The molecule has 2 aromatic carbocycles. The van der Waals surface area contributed by atoms with E-state index in [1.165, 1.54) is 12.1 Å². The van der Waals surface area contributed by atoms with Crippen molar-refractivity contribution in [1.29, 1.82) is 5.26 Å². The Morgan fingerprint density at radius 1 is 1.15 bits per heavy atom. The van der Waals surface area contributed by atoms with Crippen molar-refractivity contribution in [2.45, 2.75) is 6.42 Å². The van der Waals surface area contributed by atoms with Crippen LogP contribution < -0.4 is 5.32 Å². The minimum atomic E-state index is -0.434. The lowest BCUT2D eigenvalue weighted by molar-refractivity contribution is 0.627. The van der Waals surface area contributed by atoms with E-state index in [0.29, 0.717) is 28.7 Å². The Labute approximate surface area is 126 Å². The molecule has 0 spiro atoms. The van der Waals surface area contributed by atoms with E-state index in [1.807, 2.05) is 12.1 Å². The van der Waals surface area contributed by atoms with Crippen LogP contribution in [0.1, 0.15) is 11.1 Å². The summed E-state index contributed by atoms with van der Waals surface area (Å²) in [7, 11) is 0. The summed E-state index contributed by atoms with van der Waals surface area (Å²) in [6.45, 7) is 0.579. The second-order valence-corrected chi connectivity index (χ2v) is 5.10. The van der Waals surface area contributed by atoms with E-state index in [1.54, 1.807) is 18.2 Å². The van der Waals surface area contributed by atoms with Crippen LogP contribution in [-0.2, 0) is 6.42 Å². The second kappa shape index (κ2) is 6.60. The lowest BCUT2D eigenvalue weighted by atomic mass is 10.1. The molecule has 0 saturated heterocycles. The van der Waals surface area contributed by atoms with Gasteiger partial charge in [0.15, 0.2) is 0 Å². The average molecular weight is 309 g/mol. The highest BCUT2D eigenvalue weighted by atomic mass is 35.5. The average Bonchev–Trinajstić information content (AvgIpc) is 2.40. The standard InChI is InChI=1S/C15H11Cl2FN2/c16-12-2-1-11(15(17)7-12)3-4-20-14-6-10(9-19)5-13(18)8-14/h1-2,5-8,20H,3-4H2. The highest BCUT2D eigenvalue weighted by Crippen LogP contribution is 2.21. The molecule has 5 heteroatoms. The molecule has 0 unspecified atom stereocenters. The first-order valence-corrected chi connectivity index (χ1v) is 6.72. The maximum Gasteiger partial charge on any atom is 0.126 e. The van der Waals surface area contributed by atoms with Crippen molar-refractivity contribution in [2.75, 3.05) is 11.9 Å². The van der Waals surface area contributed by atoms with Crippen molar-refractivity contribution in [2.24, 2.45) is 0 Å². The predicted molar refractivity (Wildman–Crippen MR) is 79.8 cm³/mol. The Kier molecular flexibility index (Phi) is 4.84. The summed E-state index contributed by atoms with van der Waals surface area (Å²) >= 11 is 11.9. The largest absolute Gasteiger partial charge is 0.385 e. The van der Waals surface area contributed by atoms with Crippen molar-refractivity contribution >= 4 is 28.9 Å². The van der Waals surface area contributed by atoms with Crippen LogP contribution in [0.5, 0.6) is 0 Å². The first-order valence-electron chi connectivity index (χ1n) is 5.97. The molecule has 0 aromatic heterocycles. The fourth-order valence-electron chi connectivity index (χ4n) is 1.82. The van der Waals surface area contributed by atoms with Gasteiger partial charge in [0.2, 0.25) is 0 Å². The van der Waals surface area contributed by atoms with E-state index in [9.17, 15) is 4.39 Å². The van der Waals surface area contributed by atoms with E-state index < -0.39 is 5.82 Å². The third kappa shape index (κ3) is 3.86. The van der Waals surface area contributed by atoms with Gasteiger partial charge < -0.3 is 5.32 Å². The van der Waals surface area contributed by atoms with Gasteiger partial charge in [-0.1, -0.05) is 29.3 Å². The number of halogens is 3. The van der Waals surface area contributed by atoms with Crippen LogP contribution >= 0.6 is 23.2 Å². The molecule has 0 atom stereocenters. The van der Waals surface area contributed by atoms with Crippen LogP contribution in [0.4, 0.5) is 10.1 Å². The molecule has 0 amide bonds. The number of anilines is 1. The second-order valence-electron chi connectivity index (χ2n) is 4.25. The third-order valence-electron chi connectivity index (χ3n) is 2.77. The molecule has 0 radical (unpaired) electrons. The fraction of sp³-hybridized carbons (Fsp3) is 0.133. The van der Waals surface area contributed by atoms with Crippen LogP contribution in [0.2, 0.25) is 10.0 Å². The molecule has 0 saturated carbocycles. The Morgan fingerprint density at radius 2 is 1.95 bits per heavy atom. The van der Waals surface area contributed by atoms with Gasteiger partial charge in [-0.05, 0) is 42.3 Å². The van der Waals surface area contributed by atoms with Gasteiger partial charge in [-0.2, -0.15) is 5.26 Å². The highest BCUT2D eigenvalue weighted by molar-refractivity contribution is 6.35. The Bertz CT molecular complexity index is 665. The summed E-state index contributed by atoms with van der Waals surface area (Å²) in [5, 5.41) is 13.0. The SMILES string of the molecule is N#Cc1cc(F)cc(NCCc2ccc(Cl)cc2Cl)c1. The van der Waals surface area contributed by atoms with Gasteiger partial charge in [0, 0.05) is 22.3 Å². The zero-order valence-corrected chi connectivity index (χ0v) is 12.0. The quantitative estimate of drug-likeness (QED) is 0.891. The lowest BCUT2D eigenvalue weighted by Gasteiger charge is -2.08. The number of nitrogens with one attached hydrogen (secondary N) is 1. The summed E-state index contributed by atoms with van der Waals surface area (Å²) in [4.78, 5) is 0. The van der Waals surface area contributed by atoms with E-state index in [2.05, 4.69) is 5.32 Å². The molecule has 0 aliphatic heterocycles. The van der Waals surface area contributed by atoms with Gasteiger partial charge >= 0.3 is 0 Å². The molecule has 102 valence electrons. The zero-order chi connectivity index (χ0) is 14.5. The number of nitrogens with zero attached hydrogens (tertiary/aromatic N) is 1. The molecule has 2 nitrogen and oxygen atoms in total. The van der Waals surface area contributed by atoms with Gasteiger partial charge in [-0.25, -0.2) is 4.39 Å². The molecule has 1 N–H and O–H groups in total. The highest BCUT2D eigenvalue weighted by Gasteiger charge is 2.03. The number of hydrogen-bond acceptors (Lipinski definition) is 2. The van der Waals surface area contributed by atoms with Gasteiger partial charge in [0.25, 0.3) is 0 Å². The number of hydrogen-bond donors (Lipinski definition) is 1. The zero-order valence-electron chi connectivity index (χ0n) is 10.5. The van der Waals surface area contributed by atoms with Crippen LogP contribution in [0.15, 0.2) is 36.4 Å². The van der Waals surface area contributed by atoms with Crippen molar-refractivity contribution in [3.05, 3.63) is 63.4 Å². The van der Waals surface area contributed by atoms with Crippen LogP contribution in [0.3, 0.4) is 0 Å². The molecule has 0 aliphatic carbocycles. The molecule has 0 bridgehead atoms. The van der Waals surface area contributed by atoms with E-state index in [4.69, 9.17) is 28.5 Å². The molecule has 2 aromatic rings. The first-order chi connectivity index (χ1) is 9.58. The summed E-state index contributed by atoms with van der Waals surface area (Å²) < 4.78 is 13.2. The van der Waals surface area contributed by atoms with Crippen molar-refractivity contribution in [3.63, 3.8) is 0 Å². The van der Waals surface area contributed by atoms with Crippen molar-refractivity contribution in [1.82, 2.24) is 0 Å². The molecule has 0 fully saturated rings. The first kappa shape index (κ1) is 14.6. The lowest BCUT2D eigenvalue weighted by Crippen LogP contribution is -2.05. The maximum atomic E-state index is 13.2. The summed E-state index contributed by atoms with van der Waals surface area (Å²) in [6, 6.07) is 11.4. The number of nitriles is 1. The molecule has 0 heterocycles. The van der Waals surface area contributed by atoms with Gasteiger partial charge in [-0.15, -0.1) is 0 Å². The van der Waals surface area contributed by atoms with E-state index in [0.717, 1.165) is 5.56 Å². The van der Waals surface area contributed by atoms with Gasteiger partial charge in [0.1, 0.15) is 5.82 Å². The van der Waals surface area contributed by atoms with Crippen LogP contribution in [-0.4, -0.2) is 6.54 Å². The topological polar surface area (TPSA) is 35.8 Å². The molecular weight excluding hydrogens is 298 g/mol. The number of benzene rings is 2. The van der Waals surface area contributed by atoms with E-state index in [-0.39, 0.29) is 5.56 Å². The molecule has 0 aliphatic rings. The molecule has 2 rings (SSSR count). The van der Waals surface area contributed by atoms with E-state index >= 15 is 0 Å². The monoisotopic (exact) mass is 308 g/mol. The van der Waals surface area contributed by atoms with Gasteiger partial charge in [0.05, 0.1) is 11.6 Å². The minimum absolute atomic E-state index is 0.289. The molecule has 20 heavy (non-hydrogen) atoms. The maximum absolute atomic E-state index is 13.2. The summed E-state index contributed by atoms with van der Waals surface area (Å²) in [5.41, 5.74) is 1.82. The third-order valence-corrected chi connectivity index (χ3v) is 3.35. The smallest absolute Gasteiger partial charge is 0.126 e. The fourth-order valence-corrected chi connectivity index (χ4v) is 2.33. The molecular formula is C15H11Cl2FN2. The Morgan fingerprint density at radius 3 is 2.65 bits per heavy atom. The normalized spacial score (nSPS) is 10.1. The Balaban J connectivity index is 1.99. The van der Waals surface area contributed by atoms with Crippen molar-refractivity contribution < 1.29 is 4.39 Å². The number of rotatable bonds is 4. The van der Waals surface area contributed by atoms with Gasteiger partial charge in [-0.3, -0.25) is 0 Å². The van der Waals surface area contributed by atoms with Crippen LogP contribution in [0.25, 0.3) is 0 Å². The summed E-state index contributed by atoms with van der Waals surface area (Å²) in [6.07, 6.45) is 0.675. The minimum Gasteiger partial charge on any atom is -0.385 e. The Hall–Kier alpha value is -1.76. The van der Waals surface area contributed by atoms with Crippen LogP contribution in [0, 0.1) is 17.1 Å². The predicted octanol–water partition coefficient (Wildman–Crippen LogP) is 4.66. The van der Waals surface area contributed by atoms with Crippen molar-refractivity contribution in [3.8, 4) is 6.07 Å².